The molecule has 6 heteroatoms. The monoisotopic (exact) mass is 373 g/mol. The lowest BCUT2D eigenvalue weighted by Gasteiger charge is -2.39. The number of fused-ring (bicyclic) bond motifs is 1. The number of ether oxygens (including phenoxy) is 2. The Hall–Kier alpha value is -1.85. The van der Waals surface area contributed by atoms with E-state index >= 15 is 0 Å². The summed E-state index contributed by atoms with van der Waals surface area (Å²) in [6.45, 7) is 1.25. The average Bonchev–Trinajstić information content (AvgIpc) is 2.97. The largest absolute Gasteiger partial charge is 0.472 e. The minimum absolute atomic E-state index is 0.264. The summed E-state index contributed by atoms with van der Waals surface area (Å²) in [4.78, 5) is 0. The quantitative estimate of drug-likeness (QED) is 0.735. The van der Waals surface area contributed by atoms with Gasteiger partial charge in [-0.25, -0.2) is 0 Å². The van der Waals surface area contributed by atoms with Gasteiger partial charge in [-0.2, -0.15) is 0 Å². The van der Waals surface area contributed by atoms with Crippen LogP contribution in [0.3, 0.4) is 0 Å². The Morgan fingerprint density at radius 2 is 1.88 bits per heavy atom. The van der Waals surface area contributed by atoms with Gasteiger partial charge in [0, 0.05) is 31.5 Å². The van der Waals surface area contributed by atoms with E-state index in [0.29, 0.717) is 0 Å². The van der Waals surface area contributed by atoms with Crippen LogP contribution >= 0.6 is 11.6 Å². The molecule has 5 nitrogen and oxygen atoms in total. The second-order valence-corrected chi connectivity index (χ2v) is 7.51. The van der Waals surface area contributed by atoms with Crippen molar-refractivity contribution in [1.29, 1.82) is 0 Å². The summed E-state index contributed by atoms with van der Waals surface area (Å²) in [5.74, 6) is 3.05. The number of hydrogen-bond donors (Lipinski definition) is 0. The van der Waals surface area contributed by atoms with Crippen molar-refractivity contribution < 1.29 is 9.47 Å². The van der Waals surface area contributed by atoms with Crippen molar-refractivity contribution in [3.05, 3.63) is 58.3 Å². The van der Waals surface area contributed by atoms with Gasteiger partial charge in [0.2, 0.25) is 0 Å². The van der Waals surface area contributed by atoms with Crippen molar-refractivity contribution in [2.75, 3.05) is 13.9 Å². The fraction of sp³-hybridized carbons (Fsp3) is 0.500. The molecule has 2 heterocycles. The first-order valence-corrected chi connectivity index (χ1v) is 9.63. The number of nitrogens with zero attached hydrogens (tertiary/aromatic N) is 3. The van der Waals surface area contributed by atoms with Gasteiger partial charge in [-0.15, -0.1) is 10.2 Å². The third-order valence-corrected chi connectivity index (χ3v) is 5.59. The summed E-state index contributed by atoms with van der Waals surface area (Å²) in [6, 6.07) is 8.03. The van der Waals surface area contributed by atoms with Crippen LogP contribution in [0.2, 0.25) is 5.02 Å². The van der Waals surface area contributed by atoms with E-state index in [0.717, 1.165) is 41.8 Å². The van der Waals surface area contributed by atoms with E-state index in [9.17, 15) is 0 Å². The summed E-state index contributed by atoms with van der Waals surface area (Å²) < 4.78 is 13.0. The molecule has 0 amide bonds. The maximum atomic E-state index is 6.11. The van der Waals surface area contributed by atoms with E-state index in [4.69, 9.17) is 21.1 Å². The minimum atomic E-state index is -0.307. The number of rotatable bonds is 5. The van der Waals surface area contributed by atoms with Crippen molar-refractivity contribution in [2.45, 2.75) is 50.5 Å². The molecule has 138 valence electrons. The Bertz CT molecular complexity index is 800. The Balaban J connectivity index is 1.75. The summed E-state index contributed by atoms with van der Waals surface area (Å²) in [6.07, 6.45) is 8.82. The fourth-order valence-electron chi connectivity index (χ4n) is 3.95. The van der Waals surface area contributed by atoms with E-state index in [1.165, 1.54) is 31.2 Å². The van der Waals surface area contributed by atoms with Crippen LogP contribution in [0, 0.1) is 0 Å². The summed E-state index contributed by atoms with van der Waals surface area (Å²) in [5.41, 5.74) is 0.863. The molecular weight excluding hydrogens is 350 g/mol. The van der Waals surface area contributed by atoms with E-state index in [1.807, 2.05) is 12.1 Å². The van der Waals surface area contributed by atoms with Gasteiger partial charge in [0.05, 0.1) is 11.2 Å². The number of hydrogen-bond acceptors (Lipinski definition) is 4. The molecule has 1 aromatic carbocycles. The maximum absolute atomic E-state index is 6.11. The van der Waals surface area contributed by atoms with Crippen molar-refractivity contribution in [2.24, 2.45) is 0 Å². The zero-order valence-corrected chi connectivity index (χ0v) is 15.8. The topological polar surface area (TPSA) is 49.2 Å². The Morgan fingerprint density at radius 3 is 2.65 bits per heavy atom. The van der Waals surface area contributed by atoms with E-state index in [-0.39, 0.29) is 12.2 Å². The predicted octanol–water partition coefficient (Wildman–Crippen LogP) is 4.24. The van der Waals surface area contributed by atoms with Gasteiger partial charge in [0.15, 0.2) is 6.79 Å². The highest BCUT2D eigenvalue weighted by Crippen LogP contribution is 2.47. The first-order valence-electron chi connectivity index (χ1n) is 9.25. The van der Waals surface area contributed by atoms with Crippen LogP contribution in [-0.2, 0) is 27.9 Å². The molecule has 26 heavy (non-hydrogen) atoms. The molecule has 0 fully saturated rings. The molecule has 0 saturated carbocycles. The number of benzene rings is 1. The zero-order chi connectivity index (χ0) is 18.0. The standard InChI is InChI=1S/C20H24ClN3O2/c1-25-14-26-17-12-20(13-17,15-7-9-16(21)10-8-15)19-23-22-18-6-4-2-3-5-11-24(18)19/h7-10,12H,2-6,11,13-14H2,1H3/t20-/m1/s1. The second-order valence-electron chi connectivity index (χ2n) is 7.07. The Morgan fingerprint density at radius 1 is 1.12 bits per heavy atom. The van der Waals surface area contributed by atoms with Crippen molar-refractivity contribution in [1.82, 2.24) is 14.8 Å². The fourth-order valence-corrected chi connectivity index (χ4v) is 4.07. The molecule has 1 aliphatic heterocycles. The molecule has 0 saturated heterocycles. The van der Waals surface area contributed by atoms with Gasteiger partial charge in [0.1, 0.15) is 11.6 Å². The molecule has 0 spiro atoms. The van der Waals surface area contributed by atoms with Gasteiger partial charge in [-0.3, -0.25) is 0 Å². The zero-order valence-electron chi connectivity index (χ0n) is 15.1. The van der Waals surface area contributed by atoms with Gasteiger partial charge in [0.25, 0.3) is 0 Å². The molecule has 2 aromatic rings. The highest BCUT2D eigenvalue weighted by molar-refractivity contribution is 6.30. The summed E-state index contributed by atoms with van der Waals surface area (Å²) in [5, 5.41) is 9.90. The SMILES string of the molecule is COCOC1=C[C@@](c2ccc(Cl)cc2)(c2nnc3n2CCCCCC3)C1. The van der Waals surface area contributed by atoms with Crippen molar-refractivity contribution in [3.8, 4) is 0 Å². The normalized spacial score (nSPS) is 22.6. The number of allylic oxidation sites excluding steroid dienone is 2. The number of methoxy groups -OCH3 is 1. The maximum Gasteiger partial charge on any atom is 0.188 e. The molecule has 1 atom stereocenters. The van der Waals surface area contributed by atoms with Gasteiger partial charge < -0.3 is 14.0 Å². The second kappa shape index (κ2) is 7.41. The van der Waals surface area contributed by atoms with Crippen LogP contribution in [0.5, 0.6) is 0 Å². The van der Waals surface area contributed by atoms with E-state index in [1.54, 1.807) is 7.11 Å². The van der Waals surface area contributed by atoms with Crippen LogP contribution in [0.15, 0.2) is 36.1 Å². The van der Waals surface area contributed by atoms with Crippen LogP contribution in [-0.4, -0.2) is 28.7 Å². The van der Waals surface area contributed by atoms with Gasteiger partial charge in [-0.1, -0.05) is 36.6 Å². The predicted molar refractivity (Wildman–Crippen MR) is 100 cm³/mol. The lowest BCUT2D eigenvalue weighted by Crippen LogP contribution is -2.37. The summed E-state index contributed by atoms with van der Waals surface area (Å²) in [7, 11) is 1.63. The highest BCUT2D eigenvalue weighted by atomic mass is 35.5. The number of aromatic nitrogens is 3. The number of aryl methyl sites for hydroxylation is 1. The van der Waals surface area contributed by atoms with Gasteiger partial charge >= 0.3 is 0 Å². The van der Waals surface area contributed by atoms with Crippen LogP contribution in [0.25, 0.3) is 0 Å². The van der Waals surface area contributed by atoms with E-state index < -0.39 is 0 Å². The molecule has 1 aromatic heterocycles. The average molecular weight is 374 g/mol. The molecular formula is C20H24ClN3O2. The molecule has 4 rings (SSSR count). The smallest absolute Gasteiger partial charge is 0.188 e. The van der Waals surface area contributed by atoms with Crippen molar-refractivity contribution >= 4 is 11.6 Å². The molecule has 1 aliphatic carbocycles. The molecule has 2 aliphatic rings. The third kappa shape index (κ3) is 3.14. The van der Waals surface area contributed by atoms with Crippen LogP contribution in [0.1, 0.15) is 49.3 Å². The molecule has 0 radical (unpaired) electrons. The molecule has 0 N–H and O–H groups in total. The van der Waals surface area contributed by atoms with Crippen molar-refractivity contribution in [3.63, 3.8) is 0 Å². The molecule has 0 unspecified atom stereocenters. The third-order valence-electron chi connectivity index (χ3n) is 5.34. The van der Waals surface area contributed by atoms with E-state index in [2.05, 4.69) is 33.0 Å². The Kier molecular flexibility index (Phi) is 5.00. The summed E-state index contributed by atoms with van der Waals surface area (Å²) >= 11 is 6.11. The van der Waals surface area contributed by atoms with Crippen LogP contribution in [0.4, 0.5) is 0 Å². The first-order chi connectivity index (χ1) is 12.7. The highest BCUT2D eigenvalue weighted by Gasteiger charge is 2.46. The lowest BCUT2D eigenvalue weighted by molar-refractivity contribution is -0.00625. The van der Waals surface area contributed by atoms with Crippen LogP contribution < -0.4 is 0 Å². The molecule has 0 bridgehead atoms. The van der Waals surface area contributed by atoms with Gasteiger partial charge in [-0.05, 0) is 36.6 Å². The lowest BCUT2D eigenvalue weighted by atomic mass is 9.68. The minimum Gasteiger partial charge on any atom is -0.472 e. The Labute approximate surface area is 159 Å². The number of halogens is 1. The first kappa shape index (κ1) is 17.6.